The Labute approximate surface area is 65.7 Å². The number of rotatable bonds is 2. The number of benzene rings is 1. The zero-order chi connectivity index (χ0) is 7.52. The molecule has 1 atom stereocenters. The maximum Gasteiger partial charge on any atom is 0.202 e. The zero-order valence-corrected chi connectivity index (χ0v) is 6.19. The van der Waals surface area contributed by atoms with Gasteiger partial charge in [-0.05, 0) is 12.1 Å². The van der Waals surface area contributed by atoms with E-state index in [1.807, 2.05) is 30.3 Å². The van der Waals surface area contributed by atoms with Crippen LogP contribution in [0.3, 0.4) is 0 Å². The van der Waals surface area contributed by atoms with E-state index in [4.69, 9.17) is 9.47 Å². The molecule has 1 aliphatic heterocycles. The summed E-state index contributed by atoms with van der Waals surface area (Å²) in [4.78, 5) is 0. The van der Waals surface area contributed by atoms with Gasteiger partial charge >= 0.3 is 0 Å². The lowest BCUT2D eigenvalue weighted by Gasteiger charge is -2.26. The van der Waals surface area contributed by atoms with E-state index in [-0.39, 0.29) is 6.29 Å². The number of hydrogen-bond donors (Lipinski definition) is 0. The standard InChI is InChI=1S/C9H10O2/c1-2-4-8(5-3-1)11-9-6-7-10-9/h1-5,9H,6-7H2/t9-/m1/s1. The first-order chi connectivity index (χ1) is 5.45. The van der Waals surface area contributed by atoms with Crippen molar-refractivity contribution >= 4 is 0 Å². The van der Waals surface area contributed by atoms with Crippen molar-refractivity contribution in [2.75, 3.05) is 6.61 Å². The monoisotopic (exact) mass is 150 g/mol. The van der Waals surface area contributed by atoms with Gasteiger partial charge in [-0.25, -0.2) is 0 Å². The zero-order valence-electron chi connectivity index (χ0n) is 6.19. The Kier molecular flexibility index (Phi) is 1.78. The van der Waals surface area contributed by atoms with Crippen molar-refractivity contribution in [2.45, 2.75) is 12.7 Å². The molecule has 0 aliphatic carbocycles. The molecule has 1 heterocycles. The first-order valence-corrected chi connectivity index (χ1v) is 3.78. The summed E-state index contributed by atoms with van der Waals surface area (Å²) in [5.41, 5.74) is 0. The largest absolute Gasteiger partial charge is 0.465 e. The summed E-state index contributed by atoms with van der Waals surface area (Å²) >= 11 is 0. The molecule has 0 unspecified atom stereocenters. The Morgan fingerprint density at radius 2 is 2.00 bits per heavy atom. The second-order valence-electron chi connectivity index (χ2n) is 2.52. The van der Waals surface area contributed by atoms with Crippen LogP contribution < -0.4 is 4.74 Å². The van der Waals surface area contributed by atoms with Crippen LogP contribution in [-0.2, 0) is 4.74 Å². The van der Waals surface area contributed by atoms with E-state index in [9.17, 15) is 0 Å². The van der Waals surface area contributed by atoms with Crippen molar-refractivity contribution in [3.63, 3.8) is 0 Å². The summed E-state index contributed by atoms with van der Waals surface area (Å²) in [6.45, 7) is 0.831. The molecule has 1 fully saturated rings. The Bertz CT molecular complexity index is 216. The molecule has 1 saturated heterocycles. The van der Waals surface area contributed by atoms with Crippen LogP contribution >= 0.6 is 0 Å². The lowest BCUT2D eigenvalue weighted by Crippen LogP contribution is -2.32. The van der Waals surface area contributed by atoms with E-state index < -0.39 is 0 Å². The van der Waals surface area contributed by atoms with Gasteiger partial charge in [0.2, 0.25) is 6.29 Å². The van der Waals surface area contributed by atoms with Gasteiger partial charge in [0.25, 0.3) is 0 Å². The molecule has 1 aromatic carbocycles. The van der Waals surface area contributed by atoms with Crippen molar-refractivity contribution in [2.24, 2.45) is 0 Å². The molecule has 0 radical (unpaired) electrons. The molecule has 0 bridgehead atoms. The average molecular weight is 150 g/mol. The van der Waals surface area contributed by atoms with Crippen LogP contribution in [0, 0.1) is 0 Å². The number of hydrogen-bond acceptors (Lipinski definition) is 2. The average Bonchev–Trinajstić information content (AvgIpc) is 1.99. The van der Waals surface area contributed by atoms with Gasteiger partial charge in [-0.3, -0.25) is 0 Å². The van der Waals surface area contributed by atoms with Crippen molar-refractivity contribution in [1.29, 1.82) is 0 Å². The smallest absolute Gasteiger partial charge is 0.202 e. The molecule has 2 rings (SSSR count). The summed E-state index contributed by atoms with van der Waals surface area (Å²) < 4.78 is 10.5. The van der Waals surface area contributed by atoms with E-state index in [0.717, 1.165) is 18.8 Å². The van der Waals surface area contributed by atoms with Gasteiger partial charge < -0.3 is 9.47 Å². The lowest BCUT2D eigenvalue weighted by atomic mass is 10.3. The fourth-order valence-electron chi connectivity index (χ4n) is 0.958. The molecular weight excluding hydrogens is 140 g/mol. The topological polar surface area (TPSA) is 18.5 Å². The minimum atomic E-state index is -0.00241. The third-order valence-corrected chi connectivity index (χ3v) is 1.67. The van der Waals surface area contributed by atoms with Crippen LogP contribution in [0.4, 0.5) is 0 Å². The van der Waals surface area contributed by atoms with Crippen LogP contribution in [0.15, 0.2) is 30.3 Å². The van der Waals surface area contributed by atoms with Crippen molar-refractivity contribution in [3.05, 3.63) is 30.3 Å². The van der Waals surface area contributed by atoms with Crippen LogP contribution in [0.25, 0.3) is 0 Å². The molecule has 0 spiro atoms. The Morgan fingerprint density at radius 1 is 1.27 bits per heavy atom. The molecule has 2 nitrogen and oxygen atoms in total. The molecule has 58 valence electrons. The first kappa shape index (κ1) is 6.68. The maximum absolute atomic E-state index is 5.43. The maximum atomic E-state index is 5.43. The highest BCUT2D eigenvalue weighted by atomic mass is 16.7. The summed E-state index contributed by atoms with van der Waals surface area (Å²) in [5.74, 6) is 0.886. The normalized spacial score (nSPS) is 22.4. The highest BCUT2D eigenvalue weighted by molar-refractivity contribution is 5.21. The molecule has 1 aliphatic rings. The predicted molar refractivity (Wildman–Crippen MR) is 41.4 cm³/mol. The molecule has 0 amide bonds. The Hall–Kier alpha value is -1.02. The van der Waals surface area contributed by atoms with Gasteiger partial charge in [-0.1, -0.05) is 18.2 Å². The molecule has 0 aromatic heterocycles. The van der Waals surface area contributed by atoms with Crippen LogP contribution in [0.2, 0.25) is 0 Å². The van der Waals surface area contributed by atoms with Gasteiger partial charge in [0.1, 0.15) is 5.75 Å². The second-order valence-corrected chi connectivity index (χ2v) is 2.52. The van der Waals surface area contributed by atoms with Gasteiger partial charge in [-0.15, -0.1) is 0 Å². The van der Waals surface area contributed by atoms with Crippen molar-refractivity contribution in [3.8, 4) is 5.75 Å². The van der Waals surface area contributed by atoms with Gasteiger partial charge in [0, 0.05) is 6.42 Å². The molecule has 0 N–H and O–H groups in total. The quantitative estimate of drug-likeness (QED) is 0.640. The van der Waals surface area contributed by atoms with Crippen molar-refractivity contribution in [1.82, 2.24) is 0 Å². The second kappa shape index (κ2) is 2.93. The predicted octanol–water partition coefficient (Wildman–Crippen LogP) is 1.81. The van der Waals surface area contributed by atoms with Crippen LogP contribution in [0.5, 0.6) is 5.75 Å². The van der Waals surface area contributed by atoms with E-state index >= 15 is 0 Å². The lowest BCUT2D eigenvalue weighted by molar-refractivity contribution is -0.165. The summed E-state index contributed by atoms with van der Waals surface area (Å²) in [6, 6.07) is 9.74. The first-order valence-electron chi connectivity index (χ1n) is 3.78. The van der Waals surface area contributed by atoms with Crippen LogP contribution in [0.1, 0.15) is 6.42 Å². The highest BCUT2D eigenvalue weighted by Crippen LogP contribution is 2.17. The fourth-order valence-corrected chi connectivity index (χ4v) is 0.958. The third kappa shape index (κ3) is 1.52. The third-order valence-electron chi connectivity index (χ3n) is 1.67. The molecule has 0 saturated carbocycles. The summed E-state index contributed by atoms with van der Waals surface area (Å²) in [6.07, 6.45) is 1.01. The van der Waals surface area contributed by atoms with E-state index in [1.54, 1.807) is 0 Å². The number of para-hydroxylation sites is 1. The molecular formula is C9H10O2. The minimum Gasteiger partial charge on any atom is -0.465 e. The highest BCUT2D eigenvalue weighted by Gasteiger charge is 2.19. The summed E-state index contributed by atoms with van der Waals surface area (Å²) in [7, 11) is 0. The SMILES string of the molecule is c1ccc(O[C@@H]2CCO2)cc1. The Balaban J connectivity index is 1.95. The minimum absolute atomic E-state index is 0.00241. The fraction of sp³-hybridized carbons (Fsp3) is 0.333. The van der Waals surface area contributed by atoms with E-state index in [0.29, 0.717) is 0 Å². The van der Waals surface area contributed by atoms with E-state index in [2.05, 4.69) is 0 Å². The molecule has 11 heavy (non-hydrogen) atoms. The van der Waals surface area contributed by atoms with Crippen LogP contribution in [-0.4, -0.2) is 12.9 Å². The van der Waals surface area contributed by atoms with Gasteiger partial charge in [0.05, 0.1) is 6.61 Å². The van der Waals surface area contributed by atoms with Gasteiger partial charge in [-0.2, -0.15) is 0 Å². The summed E-state index contributed by atoms with van der Waals surface area (Å²) in [5, 5.41) is 0. The number of ether oxygens (including phenoxy) is 2. The molecule has 1 aromatic rings. The Morgan fingerprint density at radius 3 is 2.55 bits per heavy atom. The van der Waals surface area contributed by atoms with Crippen molar-refractivity contribution < 1.29 is 9.47 Å². The van der Waals surface area contributed by atoms with Gasteiger partial charge in [0.15, 0.2) is 0 Å². The molecule has 2 heteroatoms. The van der Waals surface area contributed by atoms with E-state index in [1.165, 1.54) is 0 Å².